The first-order valence-corrected chi connectivity index (χ1v) is 6.94. The maximum atomic E-state index is 5.51. The molecular formula is C14H14N4S. The molecule has 0 radical (unpaired) electrons. The number of aromatic nitrogens is 2. The van der Waals surface area contributed by atoms with Crippen LogP contribution < -0.4 is 11.1 Å². The Morgan fingerprint density at radius 2 is 2.00 bits per heavy atom. The van der Waals surface area contributed by atoms with Gasteiger partial charge in [0, 0.05) is 18.0 Å². The number of nitrogens with one attached hydrogen (secondary N) is 1. The van der Waals surface area contributed by atoms with Crippen LogP contribution in [0.5, 0.6) is 0 Å². The summed E-state index contributed by atoms with van der Waals surface area (Å²) < 4.78 is 0. The second-order valence-corrected chi connectivity index (χ2v) is 5.16. The minimum atomic E-state index is 0.584. The average molecular weight is 270 g/mol. The summed E-state index contributed by atoms with van der Waals surface area (Å²) >= 11 is 1.68. The number of hydrogen-bond acceptors (Lipinski definition) is 5. The van der Waals surface area contributed by atoms with E-state index in [-0.39, 0.29) is 0 Å². The minimum absolute atomic E-state index is 0.584. The third kappa shape index (κ3) is 2.43. The fourth-order valence-corrected chi connectivity index (χ4v) is 2.94. The maximum absolute atomic E-state index is 5.51. The fourth-order valence-electron chi connectivity index (χ4n) is 1.93. The smallest absolute Gasteiger partial charge is 0.138 e. The van der Waals surface area contributed by atoms with Crippen LogP contribution in [0.25, 0.3) is 20.7 Å². The van der Waals surface area contributed by atoms with Gasteiger partial charge in [-0.2, -0.15) is 0 Å². The van der Waals surface area contributed by atoms with Crippen LogP contribution >= 0.6 is 11.3 Å². The summed E-state index contributed by atoms with van der Waals surface area (Å²) in [6, 6.07) is 12.4. The number of rotatable bonds is 4. The number of anilines is 1. The molecule has 96 valence electrons. The highest BCUT2D eigenvalue weighted by molar-refractivity contribution is 7.21. The van der Waals surface area contributed by atoms with Crippen LogP contribution in [0.3, 0.4) is 0 Å². The van der Waals surface area contributed by atoms with Gasteiger partial charge in [-0.15, -0.1) is 11.3 Å². The first kappa shape index (κ1) is 12.1. The van der Waals surface area contributed by atoms with E-state index in [2.05, 4.69) is 33.5 Å². The van der Waals surface area contributed by atoms with Crippen LogP contribution in [0.4, 0.5) is 5.82 Å². The van der Waals surface area contributed by atoms with Gasteiger partial charge in [0.2, 0.25) is 0 Å². The van der Waals surface area contributed by atoms with E-state index in [1.807, 2.05) is 18.2 Å². The zero-order valence-electron chi connectivity index (χ0n) is 10.3. The lowest BCUT2D eigenvalue weighted by molar-refractivity contribution is 1.01. The van der Waals surface area contributed by atoms with Gasteiger partial charge in [-0.1, -0.05) is 30.3 Å². The molecule has 0 atom stereocenters. The van der Waals surface area contributed by atoms with Crippen molar-refractivity contribution in [1.29, 1.82) is 0 Å². The molecule has 3 N–H and O–H groups in total. The lowest BCUT2D eigenvalue weighted by Crippen LogP contribution is -2.13. The van der Waals surface area contributed by atoms with Crippen LogP contribution in [0, 0.1) is 0 Å². The van der Waals surface area contributed by atoms with E-state index in [4.69, 9.17) is 5.73 Å². The van der Waals surface area contributed by atoms with Crippen LogP contribution in [-0.2, 0) is 0 Å². The number of thiophene rings is 1. The van der Waals surface area contributed by atoms with E-state index in [9.17, 15) is 0 Å². The van der Waals surface area contributed by atoms with Crippen molar-refractivity contribution in [2.75, 3.05) is 18.4 Å². The molecule has 0 aliphatic heterocycles. The third-order valence-electron chi connectivity index (χ3n) is 2.82. The van der Waals surface area contributed by atoms with Crippen molar-refractivity contribution in [3.8, 4) is 10.4 Å². The molecule has 2 heterocycles. The topological polar surface area (TPSA) is 63.8 Å². The van der Waals surface area contributed by atoms with Gasteiger partial charge in [0.25, 0.3) is 0 Å². The normalized spacial score (nSPS) is 10.8. The summed E-state index contributed by atoms with van der Waals surface area (Å²) in [5.74, 6) is 0.855. The Kier molecular flexibility index (Phi) is 3.39. The Morgan fingerprint density at radius 3 is 2.79 bits per heavy atom. The van der Waals surface area contributed by atoms with Gasteiger partial charge in [0.05, 0.1) is 5.39 Å². The van der Waals surface area contributed by atoms with Crippen LogP contribution in [0.15, 0.2) is 42.7 Å². The van der Waals surface area contributed by atoms with Crippen molar-refractivity contribution in [3.63, 3.8) is 0 Å². The van der Waals surface area contributed by atoms with Gasteiger partial charge in [-0.25, -0.2) is 9.97 Å². The first-order valence-electron chi connectivity index (χ1n) is 6.12. The minimum Gasteiger partial charge on any atom is -0.368 e. The van der Waals surface area contributed by atoms with Crippen LogP contribution in [-0.4, -0.2) is 23.1 Å². The molecule has 4 nitrogen and oxygen atoms in total. The number of nitrogens with zero attached hydrogens (tertiary/aromatic N) is 2. The molecule has 1 aromatic carbocycles. The summed E-state index contributed by atoms with van der Waals surface area (Å²) in [5.41, 5.74) is 6.72. The Hall–Kier alpha value is -1.98. The molecule has 0 amide bonds. The third-order valence-corrected chi connectivity index (χ3v) is 3.92. The molecule has 3 rings (SSSR count). The standard InChI is InChI=1S/C14H14N4S/c15-6-7-16-13-11-8-12(10-4-2-1-3-5-10)19-14(11)18-9-17-13/h1-5,8-9H,6-7,15H2,(H,16,17,18). The van der Waals surface area contributed by atoms with Crippen molar-refractivity contribution in [2.24, 2.45) is 5.73 Å². The lowest BCUT2D eigenvalue weighted by Gasteiger charge is -2.03. The van der Waals surface area contributed by atoms with Crippen molar-refractivity contribution in [1.82, 2.24) is 9.97 Å². The first-order chi connectivity index (χ1) is 9.38. The molecule has 0 spiro atoms. The quantitative estimate of drug-likeness (QED) is 0.765. The van der Waals surface area contributed by atoms with Crippen molar-refractivity contribution < 1.29 is 0 Å². The highest BCUT2D eigenvalue weighted by Gasteiger charge is 2.09. The molecule has 3 aromatic rings. The molecule has 0 saturated heterocycles. The molecule has 0 aliphatic rings. The number of nitrogens with two attached hydrogens (primary N) is 1. The molecular weight excluding hydrogens is 256 g/mol. The lowest BCUT2D eigenvalue weighted by atomic mass is 10.2. The van der Waals surface area contributed by atoms with Gasteiger partial charge in [0.15, 0.2) is 0 Å². The summed E-state index contributed by atoms with van der Waals surface area (Å²) in [7, 11) is 0. The molecule has 0 bridgehead atoms. The van der Waals surface area contributed by atoms with Gasteiger partial charge >= 0.3 is 0 Å². The van der Waals surface area contributed by atoms with Crippen molar-refractivity contribution >= 4 is 27.4 Å². The van der Waals surface area contributed by atoms with Gasteiger partial charge in [0.1, 0.15) is 17.0 Å². The number of fused-ring (bicyclic) bond motifs is 1. The monoisotopic (exact) mass is 270 g/mol. The highest BCUT2D eigenvalue weighted by atomic mass is 32.1. The highest BCUT2D eigenvalue weighted by Crippen LogP contribution is 2.34. The summed E-state index contributed by atoms with van der Waals surface area (Å²) in [5, 5.41) is 4.29. The summed E-state index contributed by atoms with van der Waals surface area (Å²) in [4.78, 5) is 10.8. The molecule has 5 heteroatoms. The average Bonchev–Trinajstić information content (AvgIpc) is 2.90. The summed E-state index contributed by atoms with van der Waals surface area (Å²) in [6.07, 6.45) is 1.59. The van der Waals surface area contributed by atoms with Crippen molar-refractivity contribution in [3.05, 3.63) is 42.7 Å². The van der Waals surface area contributed by atoms with Gasteiger partial charge in [-0.05, 0) is 11.6 Å². The SMILES string of the molecule is NCCNc1ncnc2sc(-c3ccccc3)cc12. The Bertz CT molecular complexity index is 678. The number of benzene rings is 1. The summed E-state index contributed by atoms with van der Waals surface area (Å²) in [6.45, 7) is 1.30. The molecule has 0 saturated carbocycles. The second kappa shape index (κ2) is 5.34. The van der Waals surface area contributed by atoms with Gasteiger partial charge in [-0.3, -0.25) is 0 Å². The van der Waals surface area contributed by atoms with Crippen LogP contribution in [0.1, 0.15) is 0 Å². The van der Waals surface area contributed by atoms with E-state index < -0.39 is 0 Å². The van der Waals surface area contributed by atoms with E-state index in [1.165, 1.54) is 10.4 Å². The Labute approximate surface area is 115 Å². The van der Waals surface area contributed by atoms with Crippen molar-refractivity contribution in [2.45, 2.75) is 0 Å². The van der Waals surface area contributed by atoms with E-state index in [0.29, 0.717) is 13.1 Å². The Balaban J connectivity index is 2.05. The molecule has 19 heavy (non-hydrogen) atoms. The fraction of sp³-hybridized carbons (Fsp3) is 0.143. The molecule has 0 fully saturated rings. The zero-order valence-corrected chi connectivity index (χ0v) is 11.2. The second-order valence-electron chi connectivity index (χ2n) is 4.13. The largest absolute Gasteiger partial charge is 0.368 e. The van der Waals surface area contributed by atoms with Gasteiger partial charge < -0.3 is 11.1 Å². The Morgan fingerprint density at radius 1 is 1.16 bits per heavy atom. The van der Waals surface area contributed by atoms with E-state index in [0.717, 1.165) is 16.0 Å². The van der Waals surface area contributed by atoms with Crippen LogP contribution in [0.2, 0.25) is 0 Å². The molecule has 0 aliphatic carbocycles. The van der Waals surface area contributed by atoms with E-state index >= 15 is 0 Å². The molecule has 2 aromatic heterocycles. The van der Waals surface area contributed by atoms with E-state index in [1.54, 1.807) is 17.7 Å². The maximum Gasteiger partial charge on any atom is 0.138 e. The zero-order chi connectivity index (χ0) is 13.1. The number of hydrogen-bond donors (Lipinski definition) is 2. The molecule has 0 unspecified atom stereocenters. The predicted octanol–water partition coefficient (Wildman–Crippen LogP) is 2.73. The predicted molar refractivity (Wildman–Crippen MR) is 80.4 cm³/mol.